The van der Waals surface area contributed by atoms with Crippen molar-refractivity contribution in [3.05, 3.63) is 85.1 Å². The zero-order chi connectivity index (χ0) is 73.2. The zero-order valence-electron chi connectivity index (χ0n) is 67.5. The number of carbonyl (C=O) groups excluding carboxylic acids is 3. The molecule has 0 amide bonds. The number of aliphatic carboxylic acids is 1. The van der Waals surface area contributed by atoms with Gasteiger partial charge in [-0.3, -0.25) is 9.59 Å². The molecule has 0 aromatic heterocycles. The van der Waals surface area contributed by atoms with Crippen LogP contribution in [0.1, 0.15) is 425 Å². The van der Waals surface area contributed by atoms with Gasteiger partial charge < -0.3 is 33.3 Å². The van der Waals surface area contributed by atoms with Crippen molar-refractivity contribution < 1.29 is 42.9 Å². The lowest BCUT2D eigenvalue weighted by Gasteiger charge is -2.26. The van der Waals surface area contributed by atoms with Gasteiger partial charge in [0.05, 0.1) is 40.3 Å². The monoisotopic (exact) mass is 1410 g/mol. The van der Waals surface area contributed by atoms with E-state index in [1.54, 1.807) is 0 Å². The fourth-order valence-electron chi connectivity index (χ4n) is 13.1. The molecule has 2 atom stereocenters. The SMILES string of the molecule is CC/C=C\C/C=C\C/C=C\C/C=C\C/C=C\C/C=C\C/C=C\CCCCCCCCCCCCCCCCCCCC(=O)OC(COC(=O)CCCCCCCCCCCCCCCCCCCCCCCCCCCCCCCCCCCCCCC)COC(OCC[N+](C)(C)C)C(=O)[O-]. The van der Waals surface area contributed by atoms with Crippen molar-refractivity contribution in [2.75, 3.05) is 47.5 Å². The number of likely N-dealkylation sites (N-methyl/N-ethyl adjacent to an activating group) is 1. The molecule has 0 aliphatic rings. The lowest BCUT2D eigenvalue weighted by Crippen LogP contribution is -2.44. The Morgan fingerprint density at radius 3 is 0.842 bits per heavy atom. The number of rotatable bonds is 82. The number of carbonyl (C=O) groups is 3. The average molecular weight is 1420 g/mol. The third kappa shape index (κ3) is 83.6. The Bertz CT molecular complexity index is 1940. The molecule has 588 valence electrons. The third-order valence-electron chi connectivity index (χ3n) is 19.7. The van der Waals surface area contributed by atoms with Gasteiger partial charge in [-0.15, -0.1) is 0 Å². The summed E-state index contributed by atoms with van der Waals surface area (Å²) in [6.07, 6.45) is 110. The van der Waals surface area contributed by atoms with E-state index in [0.717, 1.165) is 77.0 Å². The van der Waals surface area contributed by atoms with Crippen molar-refractivity contribution in [3.63, 3.8) is 0 Å². The van der Waals surface area contributed by atoms with Gasteiger partial charge in [0.1, 0.15) is 13.2 Å². The summed E-state index contributed by atoms with van der Waals surface area (Å²) >= 11 is 0. The van der Waals surface area contributed by atoms with Crippen LogP contribution in [0.3, 0.4) is 0 Å². The number of carboxylic acid groups (broad SMARTS) is 1. The molecule has 9 heteroatoms. The van der Waals surface area contributed by atoms with Crippen LogP contribution in [0.2, 0.25) is 0 Å². The molecule has 0 aliphatic heterocycles. The summed E-state index contributed by atoms with van der Waals surface area (Å²) in [5, 5.41) is 11.9. The molecule has 0 spiro atoms. The molecule has 0 aromatic carbocycles. The van der Waals surface area contributed by atoms with Crippen LogP contribution in [-0.2, 0) is 33.3 Å². The second-order valence-electron chi connectivity index (χ2n) is 30.8. The zero-order valence-corrected chi connectivity index (χ0v) is 67.5. The summed E-state index contributed by atoms with van der Waals surface area (Å²) < 4.78 is 22.9. The Morgan fingerprint density at radius 1 is 0.307 bits per heavy atom. The third-order valence-corrected chi connectivity index (χ3v) is 19.7. The first-order chi connectivity index (χ1) is 49.6. The lowest BCUT2D eigenvalue weighted by atomic mass is 10.0. The number of esters is 2. The van der Waals surface area contributed by atoms with Gasteiger partial charge in [0.2, 0.25) is 0 Å². The molecule has 0 aliphatic carbocycles. The topological polar surface area (TPSA) is 111 Å². The van der Waals surface area contributed by atoms with Crippen LogP contribution in [0.15, 0.2) is 85.1 Å². The van der Waals surface area contributed by atoms with Crippen LogP contribution in [0.4, 0.5) is 0 Å². The summed E-state index contributed by atoms with van der Waals surface area (Å²) in [4.78, 5) is 37.7. The number of hydrogen-bond donors (Lipinski definition) is 0. The van der Waals surface area contributed by atoms with Crippen molar-refractivity contribution in [3.8, 4) is 0 Å². The van der Waals surface area contributed by atoms with Crippen LogP contribution < -0.4 is 5.11 Å². The first-order valence-electron chi connectivity index (χ1n) is 43.7. The van der Waals surface area contributed by atoms with E-state index in [9.17, 15) is 19.5 Å². The molecule has 0 fully saturated rings. The molecule has 0 aromatic rings. The number of carboxylic acids is 1. The molecule has 0 rings (SSSR count). The highest BCUT2D eigenvalue weighted by atomic mass is 16.7. The predicted molar refractivity (Wildman–Crippen MR) is 435 cm³/mol. The molecule has 0 saturated carbocycles. The highest BCUT2D eigenvalue weighted by molar-refractivity contribution is 5.70. The quantitative estimate of drug-likeness (QED) is 0.0195. The van der Waals surface area contributed by atoms with E-state index < -0.39 is 24.3 Å². The molecular formula is C92H167NO8. The van der Waals surface area contributed by atoms with Crippen molar-refractivity contribution in [1.82, 2.24) is 0 Å². The molecule has 0 saturated heterocycles. The normalized spacial score (nSPS) is 13.0. The Balaban J connectivity index is 3.95. The summed E-state index contributed by atoms with van der Waals surface area (Å²) in [5.74, 6) is -2.25. The largest absolute Gasteiger partial charge is 0.545 e. The summed E-state index contributed by atoms with van der Waals surface area (Å²) in [6.45, 7) is 4.70. The van der Waals surface area contributed by atoms with Gasteiger partial charge in [0, 0.05) is 12.8 Å². The number of nitrogens with zero attached hydrogens (tertiary/aromatic N) is 1. The lowest BCUT2D eigenvalue weighted by molar-refractivity contribution is -0.870. The molecule has 0 N–H and O–H groups in total. The highest BCUT2D eigenvalue weighted by Gasteiger charge is 2.22. The number of ether oxygens (including phenoxy) is 4. The summed E-state index contributed by atoms with van der Waals surface area (Å²) in [6, 6.07) is 0. The second kappa shape index (κ2) is 82.1. The van der Waals surface area contributed by atoms with Gasteiger partial charge in [-0.05, 0) is 70.6 Å². The Morgan fingerprint density at radius 2 is 0.564 bits per heavy atom. The molecule has 0 bridgehead atoms. The average Bonchev–Trinajstić information content (AvgIpc) is 1.21. The number of quaternary nitrogens is 1. The van der Waals surface area contributed by atoms with Gasteiger partial charge in [-0.2, -0.15) is 0 Å². The van der Waals surface area contributed by atoms with Gasteiger partial charge in [0.25, 0.3) is 0 Å². The predicted octanol–water partition coefficient (Wildman–Crippen LogP) is 27.2. The smallest absolute Gasteiger partial charge is 0.306 e. The van der Waals surface area contributed by atoms with Crippen LogP contribution >= 0.6 is 0 Å². The van der Waals surface area contributed by atoms with E-state index in [1.807, 2.05) is 21.1 Å². The van der Waals surface area contributed by atoms with Gasteiger partial charge in [0.15, 0.2) is 12.4 Å². The highest BCUT2D eigenvalue weighted by Crippen LogP contribution is 2.20. The van der Waals surface area contributed by atoms with Crippen LogP contribution in [0, 0.1) is 0 Å². The number of allylic oxidation sites excluding steroid dienone is 14. The van der Waals surface area contributed by atoms with Crippen LogP contribution in [0.25, 0.3) is 0 Å². The summed E-state index contributed by atoms with van der Waals surface area (Å²) in [7, 11) is 5.95. The Kier molecular flexibility index (Phi) is 79.3. The Hall–Kier alpha value is -3.53. The first kappa shape index (κ1) is 97.5. The number of unbranched alkanes of at least 4 members (excludes halogenated alkanes) is 53. The Labute approximate surface area is 627 Å². The van der Waals surface area contributed by atoms with Crippen molar-refractivity contribution >= 4 is 17.9 Å². The number of hydrogen-bond acceptors (Lipinski definition) is 8. The van der Waals surface area contributed by atoms with E-state index in [1.165, 1.54) is 315 Å². The molecule has 2 unspecified atom stereocenters. The fourth-order valence-corrected chi connectivity index (χ4v) is 13.1. The minimum atomic E-state index is -1.62. The molecule has 9 nitrogen and oxygen atoms in total. The molecular weight excluding hydrogens is 1250 g/mol. The minimum absolute atomic E-state index is 0.149. The molecule has 0 radical (unpaired) electrons. The van der Waals surface area contributed by atoms with Gasteiger partial charge >= 0.3 is 11.9 Å². The minimum Gasteiger partial charge on any atom is -0.545 e. The maximum atomic E-state index is 13.0. The molecule has 0 heterocycles. The van der Waals surface area contributed by atoms with Crippen LogP contribution in [0.5, 0.6) is 0 Å². The van der Waals surface area contributed by atoms with Gasteiger partial charge in [-0.1, -0.05) is 426 Å². The standard InChI is InChI=1S/C92H167NO8/c1-6-8-10-12-14-16-18-20-22-24-26-28-30-32-34-36-38-40-42-44-45-47-49-51-53-55-57-59-61-63-65-67-69-71-73-75-77-79-81-83-90(95)101-88(87-100-92(91(96)97)98-85-84-93(3,4)5)86-99-89(94)82-80-78-76-74-72-70-68-66-64-62-60-58-56-54-52-50-48-46-43-41-39-37-35-33-31-29-27-25-23-21-19-17-15-13-11-9-7-2/h8,10,14,16,20,22,26,28,32,34,38,40,44-45,88,92H,6-7,9,11-13,15,17-19,21,23-25,27,29-31,33,35-37,39,41-43,46-87H2,1-5H3/b10-8-,16-14-,22-20-,28-26-,34-32-,40-38-,45-44-. The van der Waals surface area contributed by atoms with Gasteiger partial charge in [-0.25, -0.2) is 0 Å². The van der Waals surface area contributed by atoms with Crippen molar-refractivity contribution in [1.29, 1.82) is 0 Å². The van der Waals surface area contributed by atoms with Crippen LogP contribution in [-0.4, -0.2) is 82.3 Å². The second-order valence-corrected chi connectivity index (χ2v) is 30.8. The van der Waals surface area contributed by atoms with E-state index in [-0.39, 0.29) is 32.2 Å². The van der Waals surface area contributed by atoms with Crippen molar-refractivity contribution in [2.24, 2.45) is 0 Å². The fraction of sp³-hybridized carbons (Fsp3) is 0.815. The maximum absolute atomic E-state index is 13.0. The van der Waals surface area contributed by atoms with E-state index >= 15 is 0 Å². The maximum Gasteiger partial charge on any atom is 0.306 e. The van der Waals surface area contributed by atoms with E-state index in [2.05, 4.69) is 98.9 Å². The first-order valence-corrected chi connectivity index (χ1v) is 43.7. The van der Waals surface area contributed by atoms with Crippen molar-refractivity contribution in [2.45, 2.75) is 437 Å². The van der Waals surface area contributed by atoms with E-state index in [0.29, 0.717) is 23.9 Å². The summed E-state index contributed by atoms with van der Waals surface area (Å²) in [5.41, 5.74) is 0. The van der Waals surface area contributed by atoms with E-state index in [4.69, 9.17) is 18.9 Å². The molecule has 101 heavy (non-hydrogen) atoms.